The molecule has 0 radical (unpaired) electrons. The number of ether oxygens (including phenoxy) is 1. The number of oxime groups is 1. The zero-order valence-electron chi connectivity index (χ0n) is 11.6. The molecule has 1 amide bonds. The number of nitrogens with two attached hydrogens (primary N) is 1. The highest BCUT2D eigenvalue weighted by molar-refractivity contribution is 5.97. The van der Waals surface area contributed by atoms with Crippen LogP contribution in [0.15, 0.2) is 29.4 Å². The van der Waals surface area contributed by atoms with Crippen LogP contribution in [-0.2, 0) is 14.3 Å². The molecule has 1 heterocycles. The zero-order valence-corrected chi connectivity index (χ0v) is 11.6. The third-order valence-electron chi connectivity index (χ3n) is 3.56. The summed E-state index contributed by atoms with van der Waals surface area (Å²) in [5, 5.41) is 14.4. The van der Waals surface area contributed by atoms with Crippen LogP contribution in [0.1, 0.15) is 30.0 Å². The topological polar surface area (TPSA) is 114 Å². The first-order chi connectivity index (χ1) is 10.0. The molecule has 0 unspecified atom stereocenters. The molecular weight excluding hydrogens is 274 g/mol. The van der Waals surface area contributed by atoms with Crippen LogP contribution in [0.25, 0.3) is 0 Å². The Morgan fingerprint density at radius 2 is 2.14 bits per heavy atom. The van der Waals surface area contributed by atoms with E-state index in [1.807, 2.05) is 0 Å². The summed E-state index contributed by atoms with van der Waals surface area (Å²) in [7, 11) is 1.30. The summed E-state index contributed by atoms with van der Waals surface area (Å²) in [5.74, 6) is -0.879. The first kappa shape index (κ1) is 14.8. The molecule has 21 heavy (non-hydrogen) atoms. The van der Waals surface area contributed by atoms with Gasteiger partial charge in [0.25, 0.3) is 0 Å². The molecule has 0 bridgehead atoms. The number of esters is 1. The Labute approximate surface area is 121 Å². The van der Waals surface area contributed by atoms with E-state index in [1.54, 1.807) is 24.3 Å². The van der Waals surface area contributed by atoms with Gasteiger partial charge < -0.3 is 21.0 Å². The molecule has 1 aromatic carbocycles. The van der Waals surface area contributed by atoms with Crippen LogP contribution in [-0.4, -0.2) is 30.0 Å². The molecule has 1 fully saturated rings. The van der Waals surface area contributed by atoms with Crippen molar-refractivity contribution in [3.63, 3.8) is 0 Å². The van der Waals surface area contributed by atoms with E-state index in [2.05, 4.69) is 15.2 Å². The number of hydrogen-bond donors (Lipinski definition) is 3. The van der Waals surface area contributed by atoms with E-state index in [9.17, 15) is 9.59 Å². The zero-order chi connectivity index (χ0) is 15.4. The fourth-order valence-corrected chi connectivity index (χ4v) is 2.36. The van der Waals surface area contributed by atoms with E-state index >= 15 is 0 Å². The molecule has 1 saturated heterocycles. The second-order valence-corrected chi connectivity index (χ2v) is 4.88. The maximum atomic E-state index is 11.8. The number of amides is 1. The fraction of sp³-hybridized carbons (Fsp3) is 0.357. The van der Waals surface area contributed by atoms with Crippen molar-refractivity contribution in [2.24, 2.45) is 16.8 Å². The lowest BCUT2D eigenvalue weighted by atomic mass is 9.97. The highest BCUT2D eigenvalue weighted by Gasteiger charge is 2.34. The van der Waals surface area contributed by atoms with Crippen molar-refractivity contribution in [1.82, 2.24) is 5.32 Å². The smallest absolute Gasteiger partial charge is 0.306 e. The van der Waals surface area contributed by atoms with Gasteiger partial charge in [-0.1, -0.05) is 29.4 Å². The van der Waals surface area contributed by atoms with Crippen LogP contribution >= 0.6 is 0 Å². The van der Waals surface area contributed by atoms with Gasteiger partial charge in [-0.05, 0) is 12.0 Å². The highest BCUT2D eigenvalue weighted by atomic mass is 16.5. The van der Waals surface area contributed by atoms with Gasteiger partial charge in [-0.2, -0.15) is 0 Å². The van der Waals surface area contributed by atoms with E-state index in [0.29, 0.717) is 12.0 Å². The molecule has 112 valence electrons. The van der Waals surface area contributed by atoms with Gasteiger partial charge in [0.05, 0.1) is 25.5 Å². The van der Waals surface area contributed by atoms with Crippen molar-refractivity contribution in [3.05, 3.63) is 35.4 Å². The SMILES string of the molecule is COC(=O)C[C@H]1C[C@@H](c2ccc(C(N)=NO)cc2)NC1=O. The molecule has 1 aromatic rings. The van der Waals surface area contributed by atoms with E-state index in [1.165, 1.54) is 7.11 Å². The van der Waals surface area contributed by atoms with Gasteiger partial charge in [-0.15, -0.1) is 0 Å². The average molecular weight is 291 g/mol. The molecule has 0 aliphatic carbocycles. The van der Waals surface area contributed by atoms with Crippen LogP contribution in [0.5, 0.6) is 0 Å². The Bertz CT molecular complexity index is 568. The molecule has 0 aromatic heterocycles. The molecule has 4 N–H and O–H groups in total. The van der Waals surface area contributed by atoms with Gasteiger partial charge in [-0.25, -0.2) is 0 Å². The summed E-state index contributed by atoms with van der Waals surface area (Å²) < 4.78 is 4.59. The molecule has 1 aliphatic rings. The van der Waals surface area contributed by atoms with Crippen LogP contribution in [0.4, 0.5) is 0 Å². The van der Waals surface area contributed by atoms with Gasteiger partial charge in [0.1, 0.15) is 0 Å². The second-order valence-electron chi connectivity index (χ2n) is 4.88. The Balaban J connectivity index is 2.06. The van der Waals surface area contributed by atoms with Crippen LogP contribution < -0.4 is 11.1 Å². The molecule has 0 spiro atoms. The molecule has 2 atom stereocenters. The maximum absolute atomic E-state index is 11.8. The summed E-state index contributed by atoms with van der Waals surface area (Å²) in [6.07, 6.45) is 0.623. The normalized spacial score (nSPS) is 22.0. The van der Waals surface area contributed by atoms with Crippen molar-refractivity contribution in [1.29, 1.82) is 0 Å². The minimum absolute atomic E-state index is 0.0283. The van der Waals surface area contributed by atoms with Gasteiger partial charge in [0, 0.05) is 5.56 Å². The van der Waals surface area contributed by atoms with Crippen LogP contribution in [0.2, 0.25) is 0 Å². The quantitative estimate of drug-likeness (QED) is 0.246. The van der Waals surface area contributed by atoms with E-state index in [0.717, 1.165) is 5.56 Å². The van der Waals surface area contributed by atoms with Crippen molar-refractivity contribution in [2.75, 3.05) is 7.11 Å². The minimum Gasteiger partial charge on any atom is -0.469 e. The molecule has 0 saturated carbocycles. The first-order valence-electron chi connectivity index (χ1n) is 6.50. The first-order valence-corrected chi connectivity index (χ1v) is 6.50. The van der Waals surface area contributed by atoms with Crippen molar-refractivity contribution < 1.29 is 19.5 Å². The van der Waals surface area contributed by atoms with Crippen molar-refractivity contribution in [2.45, 2.75) is 18.9 Å². The van der Waals surface area contributed by atoms with Crippen molar-refractivity contribution in [3.8, 4) is 0 Å². The number of benzene rings is 1. The second kappa shape index (κ2) is 6.25. The molecule has 2 rings (SSSR count). The Hall–Kier alpha value is -2.57. The monoisotopic (exact) mass is 291 g/mol. The molecule has 7 heteroatoms. The number of amidine groups is 1. The van der Waals surface area contributed by atoms with Crippen molar-refractivity contribution >= 4 is 17.7 Å². The summed E-state index contributed by atoms with van der Waals surface area (Å²) in [5.41, 5.74) is 6.99. The maximum Gasteiger partial charge on any atom is 0.306 e. The largest absolute Gasteiger partial charge is 0.469 e. The van der Waals surface area contributed by atoms with Gasteiger partial charge in [0.2, 0.25) is 5.91 Å². The van der Waals surface area contributed by atoms with Gasteiger partial charge in [-0.3, -0.25) is 9.59 Å². The molecule has 1 aliphatic heterocycles. The number of nitrogens with one attached hydrogen (secondary N) is 1. The Morgan fingerprint density at radius 3 is 2.71 bits per heavy atom. The van der Waals surface area contributed by atoms with E-state index < -0.39 is 5.97 Å². The molecular formula is C14H17N3O4. The number of carbonyl (C=O) groups is 2. The van der Waals surface area contributed by atoms with Gasteiger partial charge >= 0.3 is 5.97 Å². The summed E-state index contributed by atoms with van der Waals surface area (Å²) in [4.78, 5) is 23.1. The number of methoxy groups -OCH3 is 1. The summed E-state index contributed by atoms with van der Waals surface area (Å²) in [6.45, 7) is 0. The third kappa shape index (κ3) is 3.31. The third-order valence-corrected chi connectivity index (χ3v) is 3.56. The number of carbonyl (C=O) groups excluding carboxylic acids is 2. The fourth-order valence-electron chi connectivity index (χ4n) is 2.36. The standard InChI is InChI=1S/C14H17N3O4/c1-21-12(18)7-10-6-11(16-14(10)19)8-2-4-9(5-3-8)13(15)17-20/h2-5,10-11,20H,6-7H2,1H3,(H2,15,17)(H,16,19)/t10-,11+/m1/s1. The van der Waals surface area contributed by atoms with E-state index in [-0.39, 0.29) is 30.1 Å². The highest BCUT2D eigenvalue weighted by Crippen LogP contribution is 2.30. The minimum atomic E-state index is -0.391. The number of hydrogen-bond acceptors (Lipinski definition) is 5. The summed E-state index contributed by atoms with van der Waals surface area (Å²) >= 11 is 0. The van der Waals surface area contributed by atoms with Crippen LogP contribution in [0.3, 0.4) is 0 Å². The lowest BCUT2D eigenvalue weighted by molar-refractivity contribution is -0.143. The van der Waals surface area contributed by atoms with Crippen LogP contribution in [0, 0.1) is 5.92 Å². The lowest BCUT2D eigenvalue weighted by Crippen LogP contribution is -2.23. The van der Waals surface area contributed by atoms with E-state index in [4.69, 9.17) is 10.9 Å². The summed E-state index contributed by atoms with van der Waals surface area (Å²) in [6, 6.07) is 6.89. The predicted octanol–water partition coefficient (Wildman–Crippen LogP) is 0.521. The lowest BCUT2D eigenvalue weighted by Gasteiger charge is -2.11. The Kier molecular flexibility index (Phi) is 4.42. The van der Waals surface area contributed by atoms with Gasteiger partial charge in [0.15, 0.2) is 5.84 Å². The molecule has 7 nitrogen and oxygen atoms in total. The number of nitrogens with zero attached hydrogens (tertiary/aromatic N) is 1. The average Bonchev–Trinajstić information content (AvgIpc) is 2.87. The number of rotatable bonds is 4. The Morgan fingerprint density at radius 1 is 1.48 bits per heavy atom. The predicted molar refractivity (Wildman–Crippen MR) is 74.6 cm³/mol.